The molecule has 176 valence electrons. The maximum absolute atomic E-state index is 14.9. The lowest BCUT2D eigenvalue weighted by Crippen LogP contribution is -2.27. The molecule has 0 spiro atoms. The quantitative estimate of drug-likeness (QED) is 0.688. The molecular weight excluding hydrogens is 462 g/mol. The lowest BCUT2D eigenvalue weighted by Gasteiger charge is -2.19. The number of allylic oxidation sites excluding steroid dienone is 1. The number of benzene rings is 1. The summed E-state index contributed by atoms with van der Waals surface area (Å²) >= 11 is 0. The zero-order valence-electron chi connectivity index (χ0n) is 17.5. The van der Waals surface area contributed by atoms with Crippen molar-refractivity contribution in [3.8, 4) is 0 Å². The molecule has 1 saturated heterocycles. The molecule has 4 rings (SSSR count). The standard InChI is InChI=1S/C20H20F2N4O6S/c1-30-19(27)25-33(29)6-3-12(4-7-33)18-15(21)8-13(9-16(18)22)26-11-14(32-20(26)28)10-23-17-2-5-31-24-17/h2-3,5,8-9,14H,4,6-7,10-11H2,1H3,(H,23,24)/t14-,33?/m0/s1. The molecule has 0 radical (unpaired) electrons. The van der Waals surface area contributed by atoms with Gasteiger partial charge in [-0.15, -0.1) is 4.36 Å². The molecule has 1 aromatic heterocycles. The predicted molar refractivity (Wildman–Crippen MR) is 114 cm³/mol. The van der Waals surface area contributed by atoms with Crippen LogP contribution in [0.5, 0.6) is 0 Å². The lowest BCUT2D eigenvalue weighted by atomic mass is 10.0. The van der Waals surface area contributed by atoms with Crippen molar-refractivity contribution in [3.63, 3.8) is 0 Å². The van der Waals surface area contributed by atoms with Gasteiger partial charge in [0.05, 0.1) is 41.4 Å². The summed E-state index contributed by atoms with van der Waals surface area (Å²) in [5.41, 5.74) is 0.0629. The second kappa shape index (κ2) is 9.17. The molecule has 1 aromatic carbocycles. The average molecular weight is 482 g/mol. The first-order valence-corrected chi connectivity index (χ1v) is 11.7. The van der Waals surface area contributed by atoms with E-state index < -0.39 is 39.7 Å². The summed E-state index contributed by atoms with van der Waals surface area (Å²) in [6.07, 6.45) is 0.618. The fraction of sp³-hybridized carbons (Fsp3) is 0.350. The van der Waals surface area contributed by atoms with E-state index in [9.17, 15) is 22.6 Å². The van der Waals surface area contributed by atoms with E-state index in [1.165, 1.54) is 12.3 Å². The summed E-state index contributed by atoms with van der Waals surface area (Å²) in [7, 11) is -1.76. The van der Waals surface area contributed by atoms with Gasteiger partial charge in [-0.2, -0.15) is 0 Å². The Morgan fingerprint density at radius 3 is 2.76 bits per heavy atom. The molecule has 13 heteroatoms. The van der Waals surface area contributed by atoms with Gasteiger partial charge in [0, 0.05) is 17.4 Å². The summed E-state index contributed by atoms with van der Waals surface area (Å²) in [6, 6.07) is 3.71. The van der Waals surface area contributed by atoms with Gasteiger partial charge in [-0.25, -0.2) is 22.6 Å². The first kappa shape index (κ1) is 22.7. The Bertz CT molecular complexity index is 1200. The third-order valence-corrected chi connectivity index (χ3v) is 7.19. The second-order valence-electron chi connectivity index (χ2n) is 7.35. The van der Waals surface area contributed by atoms with Gasteiger partial charge in [0.1, 0.15) is 24.0 Å². The van der Waals surface area contributed by atoms with Gasteiger partial charge in [0.2, 0.25) is 0 Å². The lowest BCUT2D eigenvalue weighted by molar-refractivity contribution is 0.147. The van der Waals surface area contributed by atoms with E-state index in [4.69, 9.17) is 9.26 Å². The highest BCUT2D eigenvalue weighted by molar-refractivity contribution is 7.94. The number of nitrogens with one attached hydrogen (secondary N) is 1. The summed E-state index contributed by atoms with van der Waals surface area (Å²) in [4.78, 5) is 24.7. The van der Waals surface area contributed by atoms with E-state index >= 15 is 0 Å². The SMILES string of the molecule is COC(=O)N=S1(=O)CC=C(c2c(F)cc(N3C[C@H](CNc4ccon4)OC3=O)cc2F)CC1. The number of aromatic nitrogens is 1. The van der Waals surface area contributed by atoms with Crippen LogP contribution in [0.2, 0.25) is 0 Å². The predicted octanol–water partition coefficient (Wildman–Crippen LogP) is 3.41. The molecule has 10 nitrogen and oxygen atoms in total. The minimum absolute atomic E-state index is 0.0172. The van der Waals surface area contributed by atoms with Gasteiger partial charge in [-0.3, -0.25) is 4.90 Å². The second-order valence-corrected chi connectivity index (χ2v) is 9.82. The zero-order valence-corrected chi connectivity index (χ0v) is 18.3. The number of anilines is 2. The van der Waals surface area contributed by atoms with Crippen molar-refractivity contribution in [2.75, 3.05) is 41.9 Å². The highest BCUT2D eigenvalue weighted by Gasteiger charge is 2.33. The van der Waals surface area contributed by atoms with Crippen molar-refractivity contribution in [2.24, 2.45) is 4.36 Å². The molecule has 2 amide bonds. The van der Waals surface area contributed by atoms with Crippen LogP contribution in [0.15, 0.2) is 39.4 Å². The minimum atomic E-state index is -2.88. The Balaban J connectivity index is 1.49. The summed E-state index contributed by atoms with van der Waals surface area (Å²) in [5, 5.41) is 6.62. The van der Waals surface area contributed by atoms with Gasteiger partial charge in [0.15, 0.2) is 5.82 Å². The number of nitrogens with zero attached hydrogens (tertiary/aromatic N) is 3. The van der Waals surface area contributed by atoms with Crippen LogP contribution in [-0.4, -0.2) is 59.4 Å². The van der Waals surface area contributed by atoms with Gasteiger partial charge < -0.3 is 19.3 Å². The normalized spacial score (nSPS) is 22.5. The number of rotatable bonds is 5. The fourth-order valence-electron chi connectivity index (χ4n) is 3.55. The minimum Gasteiger partial charge on any atom is -0.451 e. The van der Waals surface area contributed by atoms with Crippen LogP contribution >= 0.6 is 0 Å². The molecule has 1 unspecified atom stereocenters. The van der Waals surface area contributed by atoms with E-state index in [1.54, 1.807) is 6.07 Å². The molecule has 2 aliphatic rings. The first-order chi connectivity index (χ1) is 15.8. The van der Waals surface area contributed by atoms with Crippen LogP contribution in [-0.2, 0) is 19.2 Å². The Hall–Kier alpha value is -3.48. The number of halogens is 2. The van der Waals surface area contributed by atoms with Crippen LogP contribution < -0.4 is 10.2 Å². The summed E-state index contributed by atoms with van der Waals surface area (Å²) in [6.45, 7) is 0.322. The van der Waals surface area contributed by atoms with Crippen LogP contribution in [0.25, 0.3) is 5.57 Å². The molecule has 0 aliphatic carbocycles. The van der Waals surface area contributed by atoms with E-state index in [-0.39, 0.29) is 42.3 Å². The third kappa shape index (κ3) is 4.97. The summed E-state index contributed by atoms with van der Waals surface area (Å²) in [5.74, 6) is -1.43. The summed E-state index contributed by atoms with van der Waals surface area (Å²) < 4.78 is 60.3. The van der Waals surface area contributed by atoms with E-state index in [0.29, 0.717) is 11.4 Å². The van der Waals surface area contributed by atoms with Gasteiger partial charge in [-0.1, -0.05) is 11.2 Å². The number of cyclic esters (lactones) is 1. The Morgan fingerprint density at radius 2 is 2.15 bits per heavy atom. The van der Waals surface area contributed by atoms with E-state index in [1.807, 2.05) is 0 Å². The highest BCUT2D eigenvalue weighted by Crippen LogP contribution is 2.33. The largest absolute Gasteiger partial charge is 0.451 e. The smallest absolute Gasteiger partial charge is 0.441 e. The zero-order chi connectivity index (χ0) is 23.6. The van der Waals surface area contributed by atoms with Crippen molar-refractivity contribution >= 4 is 39.0 Å². The van der Waals surface area contributed by atoms with Crippen LogP contribution in [0.3, 0.4) is 0 Å². The molecule has 2 aromatic rings. The monoisotopic (exact) mass is 482 g/mol. The first-order valence-electron chi connectivity index (χ1n) is 9.89. The Kier molecular flexibility index (Phi) is 6.31. The third-order valence-electron chi connectivity index (χ3n) is 5.18. The van der Waals surface area contributed by atoms with Crippen LogP contribution in [0.4, 0.5) is 29.9 Å². The van der Waals surface area contributed by atoms with Crippen LogP contribution in [0.1, 0.15) is 12.0 Å². The molecular formula is C20H20F2N4O6S. The number of carbonyl (C=O) groups is 2. The number of methoxy groups -OCH3 is 1. The molecule has 2 aliphatic heterocycles. The number of hydrogen-bond donors (Lipinski definition) is 1. The molecule has 3 heterocycles. The maximum Gasteiger partial charge on any atom is 0.441 e. The number of carbonyl (C=O) groups excluding carboxylic acids is 2. The molecule has 0 bridgehead atoms. The Morgan fingerprint density at radius 1 is 1.39 bits per heavy atom. The van der Waals surface area contributed by atoms with Crippen molar-refractivity contribution in [1.29, 1.82) is 0 Å². The highest BCUT2D eigenvalue weighted by atomic mass is 32.2. The molecule has 1 fully saturated rings. The number of ether oxygens (including phenoxy) is 2. The number of hydrogen-bond acceptors (Lipinski definition) is 8. The van der Waals surface area contributed by atoms with Crippen LogP contribution in [0, 0.1) is 11.6 Å². The van der Waals surface area contributed by atoms with Gasteiger partial charge >= 0.3 is 12.2 Å². The van der Waals surface area contributed by atoms with Gasteiger partial charge in [-0.05, 0) is 24.1 Å². The van der Waals surface area contributed by atoms with Gasteiger partial charge in [0.25, 0.3) is 0 Å². The van der Waals surface area contributed by atoms with Crippen molar-refractivity contribution in [3.05, 3.63) is 47.7 Å². The average Bonchev–Trinajstić information content (AvgIpc) is 3.42. The van der Waals surface area contributed by atoms with Crippen molar-refractivity contribution in [2.45, 2.75) is 12.5 Å². The topological polar surface area (TPSA) is 123 Å². The van der Waals surface area contributed by atoms with E-state index in [0.717, 1.165) is 24.1 Å². The van der Waals surface area contributed by atoms with E-state index in [2.05, 4.69) is 19.6 Å². The maximum atomic E-state index is 14.9. The molecule has 0 saturated carbocycles. The molecule has 1 N–H and O–H groups in total. The molecule has 2 atom stereocenters. The van der Waals surface area contributed by atoms with Crippen molar-refractivity contribution < 1.29 is 36.6 Å². The van der Waals surface area contributed by atoms with Crippen molar-refractivity contribution in [1.82, 2.24) is 5.16 Å². The fourth-order valence-corrected chi connectivity index (χ4v) is 5.23. The molecule has 33 heavy (non-hydrogen) atoms. The number of amides is 2. The Labute approximate surface area is 187 Å².